The summed E-state index contributed by atoms with van der Waals surface area (Å²) in [5.41, 5.74) is 0.164. The molecule has 1 atom stereocenters. The molecule has 1 amide bonds. The lowest BCUT2D eigenvalue weighted by Gasteiger charge is -2.10. The number of nitrogens with one attached hydrogen (secondary N) is 1. The molecule has 6 nitrogen and oxygen atoms in total. The second kappa shape index (κ2) is 7.04. The Labute approximate surface area is 104 Å². The molecule has 94 valence electrons. The smallest absolute Gasteiger partial charge is 0.341 e. The number of nitrogens with zero attached hydrogens (tertiary/aromatic N) is 1. The predicted octanol–water partition coefficient (Wildman–Crippen LogP) is -0.651. The Morgan fingerprint density at radius 3 is 2.89 bits per heavy atom. The highest BCUT2D eigenvalue weighted by atomic mass is 16.5. The molecule has 0 spiro atoms. The van der Waals surface area contributed by atoms with Crippen molar-refractivity contribution < 1.29 is 19.4 Å². The molecule has 1 aromatic heterocycles. The minimum atomic E-state index is -1.13. The number of aliphatic hydroxyl groups is 1. The van der Waals surface area contributed by atoms with E-state index >= 15 is 0 Å². The van der Waals surface area contributed by atoms with Gasteiger partial charge in [0.15, 0.2) is 6.04 Å². The summed E-state index contributed by atoms with van der Waals surface area (Å²) in [5.74, 6) is 3.43. The van der Waals surface area contributed by atoms with E-state index in [0.717, 1.165) is 0 Å². The predicted molar refractivity (Wildman–Crippen MR) is 62.4 cm³/mol. The van der Waals surface area contributed by atoms with E-state index in [4.69, 9.17) is 5.11 Å². The van der Waals surface area contributed by atoms with Gasteiger partial charge in [0.2, 0.25) is 0 Å². The van der Waals surface area contributed by atoms with E-state index in [9.17, 15) is 9.59 Å². The molecule has 0 radical (unpaired) electrons. The van der Waals surface area contributed by atoms with Crippen molar-refractivity contribution in [3.05, 3.63) is 30.1 Å². The first kappa shape index (κ1) is 13.7. The van der Waals surface area contributed by atoms with E-state index in [-0.39, 0.29) is 5.69 Å². The van der Waals surface area contributed by atoms with Gasteiger partial charge >= 0.3 is 5.97 Å². The molecule has 1 aromatic rings. The van der Waals surface area contributed by atoms with Crippen LogP contribution in [0.25, 0.3) is 0 Å². The molecule has 0 aliphatic heterocycles. The van der Waals surface area contributed by atoms with Crippen molar-refractivity contribution in [2.24, 2.45) is 0 Å². The van der Waals surface area contributed by atoms with E-state index in [1.807, 2.05) is 0 Å². The number of methoxy groups -OCH3 is 1. The Bertz CT molecular complexity index is 476. The SMILES string of the molecule is COC(=O)C(C#CCO)NC(=O)c1ccccn1. The first-order chi connectivity index (χ1) is 8.69. The summed E-state index contributed by atoms with van der Waals surface area (Å²) in [4.78, 5) is 26.9. The zero-order valence-electron chi connectivity index (χ0n) is 9.71. The van der Waals surface area contributed by atoms with Gasteiger partial charge in [-0.3, -0.25) is 9.78 Å². The molecule has 0 aliphatic rings. The van der Waals surface area contributed by atoms with Gasteiger partial charge in [0.05, 0.1) is 7.11 Å². The Morgan fingerprint density at radius 2 is 2.33 bits per heavy atom. The van der Waals surface area contributed by atoms with Crippen LogP contribution < -0.4 is 5.32 Å². The molecule has 18 heavy (non-hydrogen) atoms. The van der Waals surface area contributed by atoms with Gasteiger partial charge in [-0.25, -0.2) is 4.79 Å². The van der Waals surface area contributed by atoms with Crippen LogP contribution in [-0.2, 0) is 9.53 Å². The monoisotopic (exact) mass is 248 g/mol. The van der Waals surface area contributed by atoms with Crippen molar-refractivity contribution >= 4 is 11.9 Å². The number of hydrogen-bond acceptors (Lipinski definition) is 5. The summed E-state index contributed by atoms with van der Waals surface area (Å²) < 4.78 is 4.49. The third-order valence-corrected chi connectivity index (χ3v) is 1.94. The van der Waals surface area contributed by atoms with Crippen LogP contribution in [0.1, 0.15) is 10.5 Å². The molecule has 0 aromatic carbocycles. The van der Waals surface area contributed by atoms with E-state index in [0.29, 0.717) is 0 Å². The summed E-state index contributed by atoms with van der Waals surface area (Å²) in [7, 11) is 1.18. The number of carbonyl (C=O) groups excluding carboxylic acids is 2. The maximum atomic E-state index is 11.7. The fourth-order valence-electron chi connectivity index (χ4n) is 1.12. The molecule has 0 fully saturated rings. The fraction of sp³-hybridized carbons (Fsp3) is 0.250. The maximum absolute atomic E-state index is 11.7. The van der Waals surface area contributed by atoms with Crippen LogP contribution in [0.15, 0.2) is 24.4 Å². The second-order valence-corrected chi connectivity index (χ2v) is 3.12. The Balaban J connectivity index is 2.78. The standard InChI is InChI=1S/C12H12N2O4/c1-18-12(17)10(6-4-8-15)14-11(16)9-5-2-3-7-13-9/h2-3,5,7,10,15H,8H2,1H3,(H,14,16). The average molecular weight is 248 g/mol. The molecule has 0 aliphatic carbocycles. The van der Waals surface area contributed by atoms with Crippen LogP contribution in [0.3, 0.4) is 0 Å². The zero-order valence-corrected chi connectivity index (χ0v) is 9.71. The van der Waals surface area contributed by atoms with Crippen molar-refractivity contribution in [2.45, 2.75) is 6.04 Å². The molecular weight excluding hydrogens is 236 g/mol. The van der Waals surface area contributed by atoms with Crippen molar-refractivity contribution in [1.29, 1.82) is 0 Å². The highest BCUT2D eigenvalue weighted by Gasteiger charge is 2.20. The second-order valence-electron chi connectivity index (χ2n) is 3.12. The van der Waals surface area contributed by atoms with Crippen molar-refractivity contribution in [3.8, 4) is 11.8 Å². The van der Waals surface area contributed by atoms with Crippen LogP contribution in [0.2, 0.25) is 0 Å². The van der Waals surface area contributed by atoms with Crippen LogP contribution in [-0.4, -0.2) is 41.7 Å². The number of aromatic nitrogens is 1. The summed E-state index contributed by atoms with van der Waals surface area (Å²) in [5, 5.41) is 10.9. The number of hydrogen-bond donors (Lipinski definition) is 2. The van der Waals surface area contributed by atoms with E-state index in [2.05, 4.69) is 26.9 Å². The number of carbonyl (C=O) groups is 2. The zero-order chi connectivity index (χ0) is 13.4. The lowest BCUT2D eigenvalue weighted by molar-refractivity contribution is -0.141. The number of ether oxygens (including phenoxy) is 1. The van der Waals surface area contributed by atoms with Crippen LogP contribution in [0, 0.1) is 11.8 Å². The van der Waals surface area contributed by atoms with Gasteiger partial charge in [-0.2, -0.15) is 0 Å². The highest BCUT2D eigenvalue weighted by molar-refractivity contribution is 5.96. The molecular formula is C12H12N2O4. The van der Waals surface area contributed by atoms with Gasteiger partial charge in [0.25, 0.3) is 5.91 Å². The minimum absolute atomic E-state index is 0.164. The molecule has 0 saturated heterocycles. The Morgan fingerprint density at radius 1 is 1.56 bits per heavy atom. The third-order valence-electron chi connectivity index (χ3n) is 1.94. The summed E-state index contributed by atoms with van der Waals surface area (Å²) in [6.45, 7) is -0.410. The van der Waals surface area contributed by atoms with Crippen LogP contribution in [0.5, 0.6) is 0 Å². The number of aliphatic hydroxyl groups excluding tert-OH is 1. The first-order valence-corrected chi connectivity index (χ1v) is 5.08. The van der Waals surface area contributed by atoms with Crippen molar-refractivity contribution in [3.63, 3.8) is 0 Å². The molecule has 0 saturated carbocycles. The first-order valence-electron chi connectivity index (χ1n) is 5.08. The topological polar surface area (TPSA) is 88.5 Å². The van der Waals surface area contributed by atoms with Gasteiger partial charge in [0.1, 0.15) is 12.3 Å². The minimum Gasteiger partial charge on any atom is -0.467 e. The fourth-order valence-corrected chi connectivity index (χ4v) is 1.12. The van der Waals surface area contributed by atoms with E-state index in [1.165, 1.54) is 19.4 Å². The summed E-state index contributed by atoms with van der Waals surface area (Å²) in [6, 6.07) is 3.69. The van der Waals surface area contributed by atoms with Crippen molar-refractivity contribution in [2.75, 3.05) is 13.7 Å². The van der Waals surface area contributed by atoms with Gasteiger partial charge in [0, 0.05) is 6.20 Å². The summed E-state index contributed by atoms with van der Waals surface area (Å²) in [6.07, 6.45) is 1.46. The molecule has 1 unspecified atom stereocenters. The van der Waals surface area contributed by atoms with Gasteiger partial charge in [-0.05, 0) is 12.1 Å². The summed E-state index contributed by atoms with van der Waals surface area (Å²) >= 11 is 0. The molecule has 2 N–H and O–H groups in total. The number of amides is 1. The molecule has 1 rings (SSSR count). The average Bonchev–Trinajstić information content (AvgIpc) is 2.43. The number of rotatable bonds is 3. The van der Waals surface area contributed by atoms with Gasteiger partial charge < -0.3 is 15.2 Å². The largest absolute Gasteiger partial charge is 0.467 e. The van der Waals surface area contributed by atoms with E-state index < -0.39 is 24.5 Å². The van der Waals surface area contributed by atoms with Gasteiger partial charge in [-0.1, -0.05) is 17.9 Å². The third kappa shape index (κ3) is 3.88. The molecule has 0 bridgehead atoms. The number of pyridine rings is 1. The van der Waals surface area contributed by atoms with Crippen LogP contribution >= 0.6 is 0 Å². The maximum Gasteiger partial charge on any atom is 0.341 e. The highest BCUT2D eigenvalue weighted by Crippen LogP contribution is 1.95. The van der Waals surface area contributed by atoms with Gasteiger partial charge in [-0.15, -0.1) is 0 Å². The lowest BCUT2D eigenvalue weighted by Crippen LogP contribution is -2.40. The van der Waals surface area contributed by atoms with E-state index in [1.54, 1.807) is 12.1 Å². The Hall–Kier alpha value is -2.39. The lowest BCUT2D eigenvalue weighted by atomic mass is 10.2. The molecule has 6 heteroatoms. The number of esters is 1. The Kier molecular flexibility index (Phi) is 5.35. The molecule has 1 heterocycles. The quantitative estimate of drug-likeness (QED) is 0.548. The normalized spacial score (nSPS) is 10.8. The van der Waals surface area contributed by atoms with Crippen LogP contribution in [0.4, 0.5) is 0 Å². The van der Waals surface area contributed by atoms with Crippen molar-refractivity contribution in [1.82, 2.24) is 10.3 Å².